The standard InChI is InChI=1S/C15H25P/c1-4-6-8-13-12(3)10-11-15(16)14(13)9-7-5-2/h10-11H,4-9,16H2,1-3H3. The molecule has 0 aliphatic heterocycles. The van der Waals surface area contributed by atoms with E-state index in [-0.39, 0.29) is 0 Å². The first-order chi connectivity index (χ1) is 7.70. The van der Waals surface area contributed by atoms with E-state index < -0.39 is 0 Å². The van der Waals surface area contributed by atoms with Crippen LogP contribution >= 0.6 is 9.24 Å². The van der Waals surface area contributed by atoms with Crippen LogP contribution in [-0.2, 0) is 12.8 Å². The molecule has 0 aliphatic carbocycles. The highest BCUT2D eigenvalue weighted by Gasteiger charge is 2.08. The fraction of sp³-hybridized carbons (Fsp3) is 0.600. The van der Waals surface area contributed by atoms with Crippen LogP contribution in [0.15, 0.2) is 12.1 Å². The number of benzene rings is 1. The normalized spacial score (nSPS) is 10.8. The van der Waals surface area contributed by atoms with Crippen LogP contribution in [0.25, 0.3) is 0 Å². The first-order valence-corrected chi connectivity index (χ1v) is 7.15. The molecule has 0 saturated carbocycles. The lowest BCUT2D eigenvalue weighted by Gasteiger charge is -2.15. The van der Waals surface area contributed by atoms with E-state index in [1.165, 1.54) is 49.4 Å². The Balaban J connectivity index is 2.94. The van der Waals surface area contributed by atoms with Gasteiger partial charge in [-0.05, 0) is 54.6 Å². The lowest BCUT2D eigenvalue weighted by atomic mass is 9.94. The van der Waals surface area contributed by atoms with Gasteiger partial charge in [0, 0.05) is 0 Å². The fourth-order valence-corrected chi connectivity index (χ4v) is 2.59. The molecule has 0 heterocycles. The Morgan fingerprint density at radius 1 is 0.938 bits per heavy atom. The highest BCUT2D eigenvalue weighted by molar-refractivity contribution is 7.27. The molecule has 0 nitrogen and oxygen atoms in total. The Morgan fingerprint density at radius 3 is 2.06 bits per heavy atom. The number of aryl methyl sites for hydroxylation is 1. The number of rotatable bonds is 6. The SMILES string of the molecule is CCCCc1c(C)ccc(P)c1CCCC. The van der Waals surface area contributed by atoms with Crippen molar-refractivity contribution in [3.63, 3.8) is 0 Å². The van der Waals surface area contributed by atoms with Crippen LogP contribution in [0.3, 0.4) is 0 Å². The highest BCUT2D eigenvalue weighted by Crippen LogP contribution is 2.19. The molecule has 0 aliphatic rings. The van der Waals surface area contributed by atoms with Crippen LogP contribution in [0, 0.1) is 6.92 Å². The van der Waals surface area contributed by atoms with Gasteiger partial charge in [-0.3, -0.25) is 0 Å². The Labute approximate surface area is 103 Å². The summed E-state index contributed by atoms with van der Waals surface area (Å²) in [5.74, 6) is 0. The third-order valence-corrected chi connectivity index (χ3v) is 3.80. The third-order valence-electron chi connectivity index (χ3n) is 3.26. The summed E-state index contributed by atoms with van der Waals surface area (Å²) in [4.78, 5) is 0. The minimum Gasteiger partial charge on any atom is -0.105 e. The maximum Gasteiger partial charge on any atom is -0.0268 e. The van der Waals surface area contributed by atoms with Gasteiger partial charge in [-0.2, -0.15) is 0 Å². The largest absolute Gasteiger partial charge is 0.105 e. The molecule has 0 amide bonds. The monoisotopic (exact) mass is 236 g/mol. The van der Waals surface area contributed by atoms with E-state index in [1.54, 1.807) is 11.1 Å². The van der Waals surface area contributed by atoms with Gasteiger partial charge in [-0.25, -0.2) is 0 Å². The zero-order valence-electron chi connectivity index (χ0n) is 11.0. The van der Waals surface area contributed by atoms with Crippen LogP contribution < -0.4 is 5.30 Å². The maximum atomic E-state index is 2.90. The fourth-order valence-electron chi connectivity index (χ4n) is 2.18. The summed E-state index contributed by atoms with van der Waals surface area (Å²) >= 11 is 0. The molecule has 1 heteroatoms. The summed E-state index contributed by atoms with van der Waals surface area (Å²) < 4.78 is 0. The van der Waals surface area contributed by atoms with Crippen LogP contribution in [-0.4, -0.2) is 0 Å². The lowest BCUT2D eigenvalue weighted by Crippen LogP contribution is -2.09. The predicted octanol–water partition coefficient (Wildman–Crippen LogP) is 4.18. The molecule has 16 heavy (non-hydrogen) atoms. The second kappa shape index (κ2) is 7.07. The van der Waals surface area contributed by atoms with Crippen molar-refractivity contribution in [1.29, 1.82) is 0 Å². The van der Waals surface area contributed by atoms with Crippen molar-refractivity contribution in [3.8, 4) is 0 Å². The number of hydrogen-bond donors (Lipinski definition) is 0. The Bertz CT molecular complexity index is 295. The van der Waals surface area contributed by atoms with Crippen molar-refractivity contribution in [2.45, 2.75) is 59.3 Å². The van der Waals surface area contributed by atoms with Gasteiger partial charge in [0.05, 0.1) is 0 Å². The van der Waals surface area contributed by atoms with Crippen molar-refractivity contribution in [3.05, 3.63) is 28.8 Å². The summed E-state index contributed by atoms with van der Waals surface area (Å²) in [6.45, 7) is 6.79. The molecular formula is C15H25P. The molecule has 0 fully saturated rings. The summed E-state index contributed by atoms with van der Waals surface area (Å²) in [6, 6.07) is 4.52. The van der Waals surface area contributed by atoms with Gasteiger partial charge in [0.1, 0.15) is 0 Å². The molecular weight excluding hydrogens is 211 g/mol. The average molecular weight is 236 g/mol. The molecule has 1 aromatic rings. The molecule has 0 N–H and O–H groups in total. The van der Waals surface area contributed by atoms with E-state index in [1.807, 2.05) is 0 Å². The smallest absolute Gasteiger partial charge is 0.0268 e. The summed E-state index contributed by atoms with van der Waals surface area (Å²) in [5.41, 5.74) is 4.69. The Kier molecular flexibility index (Phi) is 6.06. The van der Waals surface area contributed by atoms with Gasteiger partial charge in [-0.15, -0.1) is 9.24 Å². The van der Waals surface area contributed by atoms with Gasteiger partial charge < -0.3 is 0 Å². The number of unbranched alkanes of at least 4 members (excludes halogenated alkanes) is 2. The van der Waals surface area contributed by atoms with Gasteiger partial charge in [0.25, 0.3) is 0 Å². The second-order valence-corrected chi connectivity index (χ2v) is 5.26. The molecule has 0 radical (unpaired) electrons. The minimum atomic E-state index is 1.25. The summed E-state index contributed by atoms with van der Waals surface area (Å²) in [6.07, 6.45) is 7.69. The topological polar surface area (TPSA) is 0 Å². The van der Waals surface area contributed by atoms with E-state index in [2.05, 4.69) is 42.1 Å². The average Bonchev–Trinajstić information content (AvgIpc) is 2.29. The molecule has 0 aromatic heterocycles. The molecule has 1 rings (SSSR count). The van der Waals surface area contributed by atoms with E-state index in [4.69, 9.17) is 0 Å². The van der Waals surface area contributed by atoms with Crippen molar-refractivity contribution in [2.75, 3.05) is 0 Å². The van der Waals surface area contributed by atoms with E-state index in [9.17, 15) is 0 Å². The zero-order chi connectivity index (χ0) is 12.0. The van der Waals surface area contributed by atoms with Crippen LogP contribution in [0.1, 0.15) is 56.2 Å². The van der Waals surface area contributed by atoms with E-state index in [0.717, 1.165) is 0 Å². The van der Waals surface area contributed by atoms with Gasteiger partial charge >= 0.3 is 0 Å². The maximum absolute atomic E-state index is 2.90. The predicted molar refractivity (Wildman–Crippen MR) is 77.7 cm³/mol. The Hall–Kier alpha value is -0.350. The highest BCUT2D eigenvalue weighted by atomic mass is 31.0. The summed E-state index contributed by atoms with van der Waals surface area (Å²) in [7, 11) is 2.90. The molecule has 90 valence electrons. The molecule has 0 saturated heterocycles. The minimum absolute atomic E-state index is 1.25. The van der Waals surface area contributed by atoms with Crippen LogP contribution in [0.4, 0.5) is 0 Å². The third kappa shape index (κ3) is 3.59. The van der Waals surface area contributed by atoms with Gasteiger partial charge in [0.15, 0.2) is 0 Å². The van der Waals surface area contributed by atoms with Crippen molar-refractivity contribution in [2.24, 2.45) is 0 Å². The molecule has 1 atom stereocenters. The first-order valence-electron chi connectivity index (χ1n) is 6.57. The van der Waals surface area contributed by atoms with Crippen molar-refractivity contribution < 1.29 is 0 Å². The quantitative estimate of drug-likeness (QED) is 0.650. The van der Waals surface area contributed by atoms with E-state index >= 15 is 0 Å². The zero-order valence-corrected chi connectivity index (χ0v) is 12.1. The Morgan fingerprint density at radius 2 is 1.50 bits per heavy atom. The lowest BCUT2D eigenvalue weighted by molar-refractivity contribution is 0.757. The first kappa shape index (κ1) is 13.7. The van der Waals surface area contributed by atoms with E-state index in [0.29, 0.717) is 0 Å². The second-order valence-electron chi connectivity index (χ2n) is 4.64. The van der Waals surface area contributed by atoms with Gasteiger partial charge in [-0.1, -0.05) is 38.8 Å². The van der Waals surface area contributed by atoms with Gasteiger partial charge in [0.2, 0.25) is 0 Å². The molecule has 1 unspecified atom stereocenters. The summed E-state index contributed by atoms with van der Waals surface area (Å²) in [5, 5.41) is 1.41. The van der Waals surface area contributed by atoms with Crippen molar-refractivity contribution >= 4 is 14.5 Å². The number of hydrogen-bond acceptors (Lipinski definition) is 0. The molecule has 0 bridgehead atoms. The van der Waals surface area contributed by atoms with Crippen LogP contribution in [0.5, 0.6) is 0 Å². The van der Waals surface area contributed by atoms with Crippen LogP contribution in [0.2, 0.25) is 0 Å². The van der Waals surface area contributed by atoms with Crippen molar-refractivity contribution in [1.82, 2.24) is 0 Å². The molecule has 1 aromatic carbocycles. The molecule has 0 spiro atoms.